The predicted octanol–water partition coefficient (Wildman–Crippen LogP) is 3.94. The van der Waals surface area contributed by atoms with Crippen LogP contribution in [0.25, 0.3) is 5.57 Å². The Kier molecular flexibility index (Phi) is 3.32. The van der Waals surface area contributed by atoms with Gasteiger partial charge in [-0.05, 0) is 11.1 Å². The third kappa shape index (κ3) is 2.40. The maximum absolute atomic E-state index is 13.7. The van der Waals surface area contributed by atoms with E-state index in [0.29, 0.717) is 16.7 Å². The predicted molar refractivity (Wildman–Crippen MR) is 65.6 cm³/mol. The molecule has 0 aliphatic rings. The molecule has 0 aliphatic carbocycles. The molecule has 0 fully saturated rings. The molecule has 1 nitrogen and oxygen atoms in total. The van der Waals surface area contributed by atoms with Crippen LogP contribution in [0.2, 0.25) is 0 Å². The summed E-state index contributed by atoms with van der Waals surface area (Å²) in [6, 6.07) is 19.7. The second-order valence-electron chi connectivity index (χ2n) is 3.53. The minimum absolute atomic E-state index is 0.341. The lowest BCUT2D eigenvalue weighted by atomic mass is 9.97. The molecule has 2 heteroatoms. The lowest BCUT2D eigenvalue weighted by Crippen LogP contribution is -1.90. The molecule has 0 radical (unpaired) electrons. The Bertz CT molecular complexity index is 523. The molecule has 0 saturated carbocycles. The van der Waals surface area contributed by atoms with Gasteiger partial charge in [-0.15, -0.1) is 0 Å². The standard InChI is InChI=1S/C15H10FN/c16-14(11-17)15(12-7-3-1-4-8-12)13-9-5-2-6-10-13/h1-10H. The Morgan fingerprint density at radius 3 is 1.59 bits per heavy atom. The maximum Gasteiger partial charge on any atom is 0.208 e. The summed E-state index contributed by atoms with van der Waals surface area (Å²) in [5.74, 6) is -0.762. The van der Waals surface area contributed by atoms with E-state index in [-0.39, 0.29) is 0 Å². The topological polar surface area (TPSA) is 23.8 Å². The zero-order chi connectivity index (χ0) is 12.1. The van der Waals surface area contributed by atoms with Gasteiger partial charge >= 0.3 is 0 Å². The third-order valence-corrected chi connectivity index (χ3v) is 2.44. The zero-order valence-electron chi connectivity index (χ0n) is 9.10. The van der Waals surface area contributed by atoms with Crippen molar-refractivity contribution in [1.29, 1.82) is 5.26 Å². The molecule has 0 spiro atoms. The molecule has 2 aromatic rings. The second kappa shape index (κ2) is 5.09. The minimum atomic E-state index is -0.762. The highest BCUT2D eigenvalue weighted by atomic mass is 19.1. The highest BCUT2D eigenvalue weighted by Crippen LogP contribution is 2.26. The van der Waals surface area contributed by atoms with E-state index in [4.69, 9.17) is 5.26 Å². The quantitative estimate of drug-likeness (QED) is 0.707. The molecule has 2 rings (SSSR count). The van der Waals surface area contributed by atoms with E-state index in [9.17, 15) is 4.39 Å². The normalized spacial score (nSPS) is 9.41. The van der Waals surface area contributed by atoms with Crippen LogP contribution >= 0.6 is 0 Å². The van der Waals surface area contributed by atoms with Crippen LogP contribution in [0.4, 0.5) is 4.39 Å². The van der Waals surface area contributed by atoms with Gasteiger partial charge in [-0.25, -0.2) is 0 Å². The Labute approximate surface area is 99.5 Å². The number of rotatable bonds is 2. The summed E-state index contributed by atoms with van der Waals surface area (Å²) >= 11 is 0. The van der Waals surface area contributed by atoms with Crippen LogP contribution in [0.15, 0.2) is 66.5 Å². The van der Waals surface area contributed by atoms with E-state index >= 15 is 0 Å². The molecule has 0 atom stereocenters. The molecule has 0 aromatic heterocycles. The third-order valence-electron chi connectivity index (χ3n) is 2.44. The van der Waals surface area contributed by atoms with E-state index in [1.165, 1.54) is 0 Å². The Morgan fingerprint density at radius 1 is 0.824 bits per heavy atom. The average molecular weight is 223 g/mol. The zero-order valence-corrected chi connectivity index (χ0v) is 9.10. The van der Waals surface area contributed by atoms with Crippen LogP contribution in [0.1, 0.15) is 11.1 Å². The summed E-state index contributed by atoms with van der Waals surface area (Å²) in [6.45, 7) is 0. The number of benzene rings is 2. The van der Waals surface area contributed by atoms with E-state index < -0.39 is 5.83 Å². The highest BCUT2D eigenvalue weighted by molar-refractivity contribution is 5.82. The Hall–Kier alpha value is -2.40. The summed E-state index contributed by atoms with van der Waals surface area (Å²) in [5, 5.41) is 8.74. The number of halogens is 1. The fourth-order valence-electron chi connectivity index (χ4n) is 1.69. The monoisotopic (exact) mass is 223 g/mol. The van der Waals surface area contributed by atoms with E-state index in [1.54, 1.807) is 30.3 Å². The first-order chi connectivity index (χ1) is 8.33. The van der Waals surface area contributed by atoms with E-state index in [1.807, 2.05) is 36.4 Å². The number of nitrogens with zero attached hydrogens (tertiary/aromatic N) is 1. The summed E-state index contributed by atoms with van der Waals surface area (Å²) in [7, 11) is 0. The lowest BCUT2D eigenvalue weighted by Gasteiger charge is -2.07. The number of nitriles is 1. The molecular formula is C15H10FN. The van der Waals surface area contributed by atoms with Crippen molar-refractivity contribution < 1.29 is 4.39 Å². The van der Waals surface area contributed by atoms with Crippen LogP contribution in [0.3, 0.4) is 0 Å². The maximum atomic E-state index is 13.7. The molecule has 2 aromatic carbocycles. The molecule has 0 amide bonds. The number of hydrogen-bond donors (Lipinski definition) is 0. The molecule has 0 heterocycles. The largest absolute Gasteiger partial charge is 0.208 e. The number of allylic oxidation sites excluding steroid dienone is 1. The molecule has 0 saturated heterocycles. The Morgan fingerprint density at radius 2 is 1.24 bits per heavy atom. The molecule has 82 valence electrons. The second-order valence-corrected chi connectivity index (χ2v) is 3.53. The molecular weight excluding hydrogens is 213 g/mol. The fraction of sp³-hybridized carbons (Fsp3) is 0. The first kappa shape index (κ1) is 11.1. The highest BCUT2D eigenvalue weighted by Gasteiger charge is 2.10. The van der Waals surface area contributed by atoms with Crippen molar-refractivity contribution in [2.75, 3.05) is 0 Å². The first-order valence-electron chi connectivity index (χ1n) is 5.23. The number of hydrogen-bond acceptors (Lipinski definition) is 1. The van der Waals surface area contributed by atoms with Gasteiger partial charge in [-0.3, -0.25) is 0 Å². The van der Waals surface area contributed by atoms with Crippen LogP contribution in [0.5, 0.6) is 0 Å². The molecule has 17 heavy (non-hydrogen) atoms. The molecule has 0 unspecified atom stereocenters. The van der Waals surface area contributed by atoms with Gasteiger partial charge < -0.3 is 0 Å². The van der Waals surface area contributed by atoms with Gasteiger partial charge in [0.1, 0.15) is 6.07 Å². The molecule has 0 aliphatic heterocycles. The van der Waals surface area contributed by atoms with Crippen LogP contribution in [-0.2, 0) is 0 Å². The van der Waals surface area contributed by atoms with Crippen molar-refractivity contribution in [3.8, 4) is 6.07 Å². The van der Waals surface area contributed by atoms with Gasteiger partial charge in [0.25, 0.3) is 0 Å². The van der Waals surface area contributed by atoms with Gasteiger partial charge in [0.05, 0.1) is 0 Å². The van der Waals surface area contributed by atoms with Gasteiger partial charge in [0.2, 0.25) is 5.83 Å². The van der Waals surface area contributed by atoms with Gasteiger partial charge in [-0.1, -0.05) is 60.7 Å². The van der Waals surface area contributed by atoms with Crippen LogP contribution < -0.4 is 0 Å². The summed E-state index contributed by atoms with van der Waals surface area (Å²) in [6.07, 6.45) is 0. The lowest BCUT2D eigenvalue weighted by molar-refractivity contribution is 0.676. The van der Waals surface area contributed by atoms with E-state index in [2.05, 4.69) is 0 Å². The van der Waals surface area contributed by atoms with Crippen molar-refractivity contribution in [2.24, 2.45) is 0 Å². The van der Waals surface area contributed by atoms with Crippen molar-refractivity contribution in [3.05, 3.63) is 77.6 Å². The van der Waals surface area contributed by atoms with Gasteiger partial charge in [0, 0.05) is 5.57 Å². The van der Waals surface area contributed by atoms with Crippen molar-refractivity contribution in [2.45, 2.75) is 0 Å². The summed E-state index contributed by atoms with van der Waals surface area (Å²) < 4.78 is 13.7. The van der Waals surface area contributed by atoms with Crippen molar-refractivity contribution in [3.63, 3.8) is 0 Å². The van der Waals surface area contributed by atoms with Gasteiger partial charge in [-0.2, -0.15) is 9.65 Å². The average Bonchev–Trinajstić information content (AvgIpc) is 2.41. The van der Waals surface area contributed by atoms with E-state index in [0.717, 1.165) is 0 Å². The smallest absolute Gasteiger partial charge is 0.194 e. The van der Waals surface area contributed by atoms with Crippen molar-refractivity contribution in [1.82, 2.24) is 0 Å². The van der Waals surface area contributed by atoms with Gasteiger partial charge in [0.15, 0.2) is 0 Å². The SMILES string of the molecule is N#CC(F)=C(c1ccccc1)c1ccccc1. The summed E-state index contributed by atoms with van der Waals surface area (Å²) in [5.41, 5.74) is 1.75. The minimum Gasteiger partial charge on any atom is -0.194 e. The van der Waals surface area contributed by atoms with Crippen LogP contribution in [-0.4, -0.2) is 0 Å². The fourth-order valence-corrected chi connectivity index (χ4v) is 1.69. The Balaban J connectivity index is 2.61. The first-order valence-corrected chi connectivity index (χ1v) is 5.23. The van der Waals surface area contributed by atoms with Crippen molar-refractivity contribution >= 4 is 5.57 Å². The summed E-state index contributed by atoms with van der Waals surface area (Å²) in [4.78, 5) is 0. The van der Waals surface area contributed by atoms with Crippen LogP contribution in [0, 0.1) is 11.3 Å². The molecule has 0 N–H and O–H groups in total. The molecule has 0 bridgehead atoms.